The summed E-state index contributed by atoms with van der Waals surface area (Å²) in [4.78, 5) is 22.3. The number of hydrogen-bond donors (Lipinski definition) is 2. The number of para-hydroxylation sites is 1. The maximum absolute atomic E-state index is 12.8. The molecule has 1 aromatic carbocycles. The van der Waals surface area contributed by atoms with E-state index in [4.69, 9.17) is 5.21 Å². The van der Waals surface area contributed by atoms with Gasteiger partial charge < -0.3 is 0 Å². The number of nitro groups is 1. The summed E-state index contributed by atoms with van der Waals surface area (Å²) < 4.78 is 26.5. The van der Waals surface area contributed by atoms with Crippen molar-refractivity contribution in [2.75, 3.05) is 0 Å². The lowest BCUT2D eigenvalue weighted by Gasteiger charge is -2.26. The first-order valence-electron chi connectivity index (χ1n) is 7.00. The predicted molar refractivity (Wildman–Crippen MR) is 89.5 cm³/mol. The number of sulfonamides is 1. The Morgan fingerprint density at radius 1 is 1.36 bits per heavy atom. The van der Waals surface area contributed by atoms with Crippen LogP contribution in [0.5, 0.6) is 0 Å². The minimum Gasteiger partial charge on any atom is -0.289 e. The molecule has 1 amide bonds. The van der Waals surface area contributed by atoms with Gasteiger partial charge in [-0.1, -0.05) is 24.3 Å². The molecule has 11 heteroatoms. The molecule has 1 heterocycles. The Labute approximate surface area is 147 Å². The van der Waals surface area contributed by atoms with E-state index in [1.54, 1.807) is 5.38 Å². The third-order valence-electron chi connectivity index (χ3n) is 3.49. The first-order valence-corrected chi connectivity index (χ1v) is 9.32. The molecule has 9 nitrogen and oxygen atoms in total. The smallest absolute Gasteiger partial charge is 0.273 e. The third-order valence-corrected chi connectivity index (χ3v) is 6.78. The molecule has 0 saturated heterocycles. The number of benzene rings is 1. The Hall–Kier alpha value is -2.34. The van der Waals surface area contributed by atoms with Crippen LogP contribution >= 0.6 is 11.3 Å². The van der Waals surface area contributed by atoms with E-state index < -0.39 is 33.4 Å². The fourth-order valence-corrected chi connectivity index (χ4v) is 4.86. The molecule has 0 aliphatic heterocycles. The van der Waals surface area contributed by atoms with Gasteiger partial charge in [-0.15, -0.1) is 11.3 Å². The molecule has 134 valence electrons. The topological polar surface area (TPSA) is 130 Å². The van der Waals surface area contributed by atoms with E-state index in [2.05, 4.69) is 0 Å². The monoisotopic (exact) mass is 385 g/mol. The number of nitrogens with zero attached hydrogens (tertiary/aromatic N) is 2. The van der Waals surface area contributed by atoms with Gasteiger partial charge in [0.15, 0.2) is 0 Å². The Bertz CT molecular complexity index is 866. The van der Waals surface area contributed by atoms with E-state index in [1.165, 1.54) is 48.8 Å². The zero-order valence-corrected chi connectivity index (χ0v) is 14.7. The summed E-state index contributed by atoms with van der Waals surface area (Å²) >= 11 is 0.958. The molecule has 2 N–H and O–H groups in total. The third kappa shape index (κ3) is 4.02. The SMILES string of the molecule is C[C@@H](C(=O)NO)N(Cc1ccccc1[N+](=O)[O-])S(=O)(=O)c1cccs1. The standard InChI is InChI=1S/C14H15N3O6S2/c1-10(14(18)15-19)16(25(22,23)13-7-4-8-24-13)9-11-5-2-3-6-12(11)17(20)21/h2-8,10,19H,9H2,1H3,(H,15,18)/t10-/m0/s1. The van der Waals surface area contributed by atoms with E-state index in [1.807, 2.05) is 0 Å². The minimum atomic E-state index is -4.10. The molecule has 0 saturated carbocycles. The second kappa shape index (κ2) is 7.70. The molecule has 25 heavy (non-hydrogen) atoms. The van der Waals surface area contributed by atoms with Gasteiger partial charge in [-0.05, 0) is 18.4 Å². The van der Waals surface area contributed by atoms with Crippen molar-refractivity contribution in [3.63, 3.8) is 0 Å². The van der Waals surface area contributed by atoms with Gasteiger partial charge in [-0.3, -0.25) is 20.1 Å². The number of rotatable bonds is 7. The molecule has 0 aliphatic rings. The summed E-state index contributed by atoms with van der Waals surface area (Å²) in [7, 11) is -4.10. The van der Waals surface area contributed by atoms with Crippen molar-refractivity contribution in [2.24, 2.45) is 0 Å². The molecule has 2 aromatic rings. The summed E-state index contributed by atoms with van der Waals surface area (Å²) in [5.74, 6) is -0.946. The Balaban J connectivity index is 2.50. The second-order valence-electron chi connectivity index (χ2n) is 5.02. The molecule has 2 rings (SSSR count). The first-order chi connectivity index (χ1) is 11.8. The van der Waals surface area contributed by atoms with Gasteiger partial charge in [0.2, 0.25) is 0 Å². The van der Waals surface area contributed by atoms with Gasteiger partial charge in [0.05, 0.1) is 4.92 Å². The molecule has 1 aromatic heterocycles. The van der Waals surface area contributed by atoms with E-state index in [0.29, 0.717) is 0 Å². The Morgan fingerprint density at radius 2 is 2.04 bits per heavy atom. The summed E-state index contributed by atoms with van der Waals surface area (Å²) in [6.07, 6.45) is 0. The number of carbonyl (C=O) groups is 1. The van der Waals surface area contributed by atoms with Crippen LogP contribution in [0.15, 0.2) is 46.0 Å². The summed E-state index contributed by atoms with van der Waals surface area (Å²) in [6, 6.07) is 7.30. The van der Waals surface area contributed by atoms with Crippen molar-refractivity contribution < 1.29 is 23.3 Å². The van der Waals surface area contributed by atoms with E-state index in [9.17, 15) is 23.3 Å². The molecule has 0 aliphatic carbocycles. The highest BCUT2D eigenvalue weighted by Crippen LogP contribution is 2.27. The molecular formula is C14H15N3O6S2. The zero-order chi connectivity index (χ0) is 18.6. The Kier molecular flexibility index (Phi) is 5.85. The second-order valence-corrected chi connectivity index (χ2v) is 8.09. The number of hydroxylamine groups is 1. The van der Waals surface area contributed by atoms with Crippen molar-refractivity contribution in [3.8, 4) is 0 Å². The molecule has 0 spiro atoms. The van der Waals surface area contributed by atoms with Crippen LogP contribution in [0, 0.1) is 10.1 Å². The van der Waals surface area contributed by atoms with Crippen LogP contribution in [0.4, 0.5) is 5.69 Å². The highest BCUT2D eigenvalue weighted by atomic mass is 32.2. The molecule has 1 atom stereocenters. The average Bonchev–Trinajstić information content (AvgIpc) is 3.13. The van der Waals surface area contributed by atoms with Crippen molar-refractivity contribution in [3.05, 3.63) is 57.5 Å². The van der Waals surface area contributed by atoms with Crippen LogP contribution in [0.2, 0.25) is 0 Å². The van der Waals surface area contributed by atoms with Gasteiger partial charge in [0.1, 0.15) is 10.3 Å². The molecule has 0 bridgehead atoms. The van der Waals surface area contributed by atoms with Crippen LogP contribution in [0.25, 0.3) is 0 Å². The van der Waals surface area contributed by atoms with Crippen molar-refractivity contribution in [1.82, 2.24) is 9.79 Å². The van der Waals surface area contributed by atoms with Crippen LogP contribution in [0.3, 0.4) is 0 Å². The van der Waals surface area contributed by atoms with E-state index in [-0.39, 0.29) is 15.5 Å². The van der Waals surface area contributed by atoms with Crippen molar-refractivity contribution in [2.45, 2.75) is 23.7 Å². The zero-order valence-electron chi connectivity index (χ0n) is 13.0. The van der Waals surface area contributed by atoms with Gasteiger partial charge in [-0.25, -0.2) is 13.9 Å². The highest BCUT2D eigenvalue weighted by molar-refractivity contribution is 7.91. The number of hydrogen-bond acceptors (Lipinski definition) is 7. The maximum Gasteiger partial charge on any atom is 0.273 e. The van der Waals surface area contributed by atoms with Crippen LogP contribution < -0.4 is 5.48 Å². The van der Waals surface area contributed by atoms with Crippen molar-refractivity contribution >= 4 is 33.0 Å². The van der Waals surface area contributed by atoms with Gasteiger partial charge in [0.25, 0.3) is 21.6 Å². The number of amides is 1. The minimum absolute atomic E-state index is 0.0105. The molecule has 0 radical (unpaired) electrons. The molecule has 0 unspecified atom stereocenters. The fourth-order valence-electron chi connectivity index (χ4n) is 2.17. The normalized spacial score (nSPS) is 12.8. The average molecular weight is 385 g/mol. The highest BCUT2D eigenvalue weighted by Gasteiger charge is 2.35. The number of nitrogens with one attached hydrogen (secondary N) is 1. The first kappa shape index (κ1) is 19.0. The summed E-state index contributed by atoms with van der Waals surface area (Å²) in [6.45, 7) is 0.886. The molecule has 0 fully saturated rings. The summed E-state index contributed by atoms with van der Waals surface area (Å²) in [5, 5.41) is 21.6. The number of carbonyl (C=O) groups excluding carboxylic acids is 1. The van der Waals surface area contributed by atoms with E-state index in [0.717, 1.165) is 15.6 Å². The summed E-state index contributed by atoms with van der Waals surface area (Å²) in [5.41, 5.74) is 1.28. The van der Waals surface area contributed by atoms with Crippen molar-refractivity contribution in [1.29, 1.82) is 0 Å². The van der Waals surface area contributed by atoms with E-state index >= 15 is 0 Å². The lowest BCUT2D eigenvalue weighted by atomic mass is 10.1. The van der Waals surface area contributed by atoms with Gasteiger partial charge in [-0.2, -0.15) is 4.31 Å². The van der Waals surface area contributed by atoms with Gasteiger partial charge in [0, 0.05) is 18.2 Å². The number of nitro benzene ring substituents is 1. The Morgan fingerprint density at radius 3 is 2.60 bits per heavy atom. The predicted octanol–water partition coefficient (Wildman–Crippen LogP) is 1.74. The van der Waals surface area contributed by atoms with Gasteiger partial charge >= 0.3 is 0 Å². The largest absolute Gasteiger partial charge is 0.289 e. The number of thiophene rings is 1. The fraction of sp³-hybridized carbons (Fsp3) is 0.214. The quantitative estimate of drug-likeness (QED) is 0.424. The maximum atomic E-state index is 12.8. The lowest BCUT2D eigenvalue weighted by Crippen LogP contribution is -2.46. The lowest BCUT2D eigenvalue weighted by molar-refractivity contribution is -0.385. The van der Waals surface area contributed by atoms with Crippen LogP contribution in [-0.2, 0) is 21.4 Å². The van der Waals surface area contributed by atoms with Crippen LogP contribution in [-0.4, -0.2) is 34.8 Å². The van der Waals surface area contributed by atoms with Crippen LogP contribution in [0.1, 0.15) is 12.5 Å². The molecular weight excluding hydrogens is 370 g/mol.